The van der Waals surface area contributed by atoms with Crippen LogP contribution in [0.2, 0.25) is 0 Å². The van der Waals surface area contributed by atoms with E-state index in [0.29, 0.717) is 37.7 Å². The summed E-state index contributed by atoms with van der Waals surface area (Å²) in [4.78, 5) is 22.1. The second-order valence-electron chi connectivity index (χ2n) is 8.08. The Kier molecular flexibility index (Phi) is 6.11. The Hall–Kier alpha value is -4.33. The Bertz CT molecular complexity index is 1240. The highest BCUT2D eigenvalue weighted by atomic mass is 16.5. The summed E-state index contributed by atoms with van der Waals surface area (Å²) in [6.07, 6.45) is 8.69. The molecule has 1 N–H and O–H groups in total. The third kappa shape index (κ3) is 4.85. The van der Waals surface area contributed by atoms with Crippen LogP contribution < -0.4 is 14.4 Å². The van der Waals surface area contributed by atoms with Crippen molar-refractivity contribution >= 4 is 11.7 Å². The number of hydrogen-bond acceptors (Lipinski definition) is 6. The number of anilines is 1. The van der Waals surface area contributed by atoms with E-state index in [1.165, 1.54) is 0 Å². The minimum absolute atomic E-state index is 0.0367. The first-order valence-corrected chi connectivity index (χ1v) is 11.0. The van der Waals surface area contributed by atoms with Crippen molar-refractivity contribution in [3.8, 4) is 11.6 Å². The van der Waals surface area contributed by atoms with Crippen LogP contribution >= 0.6 is 0 Å². The first kappa shape index (κ1) is 21.5. The molecule has 4 aromatic rings. The molecule has 2 aromatic heterocycles. The minimum atomic E-state index is -0.916. The molecule has 0 saturated carbocycles. The fourth-order valence-electron chi connectivity index (χ4n) is 3.98. The van der Waals surface area contributed by atoms with E-state index in [2.05, 4.69) is 14.9 Å². The topological polar surface area (TPSA) is 89.7 Å². The van der Waals surface area contributed by atoms with Gasteiger partial charge in [-0.2, -0.15) is 0 Å². The normalized spacial score (nSPS) is 13.4. The second-order valence-corrected chi connectivity index (χ2v) is 8.08. The Balaban J connectivity index is 1.20. The van der Waals surface area contributed by atoms with Gasteiger partial charge in [-0.3, -0.25) is 4.98 Å². The SMILES string of the molecule is O=C(O)c1cccc(N2CC(Oc3ccc(COc4cnccn4)cc3)C2)c1Cn1cccc1. The maximum absolute atomic E-state index is 11.8. The Morgan fingerprint density at radius 3 is 2.53 bits per heavy atom. The molecule has 2 aromatic carbocycles. The predicted molar refractivity (Wildman–Crippen MR) is 126 cm³/mol. The molecule has 8 nitrogen and oxygen atoms in total. The summed E-state index contributed by atoms with van der Waals surface area (Å²) in [5.74, 6) is 0.362. The number of carboxylic acids is 1. The number of carbonyl (C=O) groups is 1. The van der Waals surface area contributed by atoms with Gasteiger partial charge in [0.1, 0.15) is 18.5 Å². The lowest BCUT2D eigenvalue weighted by Crippen LogP contribution is -2.54. The zero-order valence-electron chi connectivity index (χ0n) is 18.4. The van der Waals surface area contributed by atoms with Crippen LogP contribution in [0, 0.1) is 0 Å². The van der Waals surface area contributed by atoms with Gasteiger partial charge in [-0.25, -0.2) is 9.78 Å². The molecule has 5 rings (SSSR count). The number of ether oxygens (including phenoxy) is 2. The maximum Gasteiger partial charge on any atom is 0.336 e. The van der Waals surface area contributed by atoms with Gasteiger partial charge in [0, 0.05) is 42.6 Å². The minimum Gasteiger partial charge on any atom is -0.487 e. The average molecular weight is 457 g/mol. The second kappa shape index (κ2) is 9.66. The Morgan fingerprint density at radius 1 is 1.03 bits per heavy atom. The summed E-state index contributed by atoms with van der Waals surface area (Å²) in [5, 5.41) is 9.70. The van der Waals surface area contributed by atoms with E-state index in [9.17, 15) is 9.90 Å². The van der Waals surface area contributed by atoms with Crippen molar-refractivity contribution < 1.29 is 19.4 Å². The zero-order chi connectivity index (χ0) is 23.3. The number of rotatable bonds is 9. The van der Waals surface area contributed by atoms with Crippen LogP contribution in [0.25, 0.3) is 0 Å². The van der Waals surface area contributed by atoms with Crippen molar-refractivity contribution in [1.82, 2.24) is 14.5 Å². The Morgan fingerprint density at radius 2 is 1.82 bits per heavy atom. The molecule has 0 aliphatic carbocycles. The highest BCUT2D eigenvalue weighted by Crippen LogP contribution is 2.30. The fraction of sp³-hybridized carbons (Fsp3) is 0.192. The summed E-state index contributed by atoms with van der Waals surface area (Å²) in [6.45, 7) is 2.30. The van der Waals surface area contributed by atoms with E-state index in [4.69, 9.17) is 9.47 Å². The van der Waals surface area contributed by atoms with Gasteiger partial charge in [-0.15, -0.1) is 0 Å². The van der Waals surface area contributed by atoms with Crippen molar-refractivity contribution in [2.75, 3.05) is 18.0 Å². The molecule has 0 amide bonds. The first-order chi connectivity index (χ1) is 16.7. The van der Waals surface area contributed by atoms with Crippen molar-refractivity contribution in [3.63, 3.8) is 0 Å². The van der Waals surface area contributed by atoms with E-state index >= 15 is 0 Å². The van der Waals surface area contributed by atoms with E-state index in [1.807, 2.05) is 59.4 Å². The van der Waals surface area contributed by atoms with Crippen molar-refractivity contribution in [2.24, 2.45) is 0 Å². The molecule has 1 saturated heterocycles. The van der Waals surface area contributed by atoms with Gasteiger partial charge in [0.15, 0.2) is 0 Å². The fourth-order valence-corrected chi connectivity index (χ4v) is 3.98. The van der Waals surface area contributed by atoms with Gasteiger partial charge in [0.05, 0.1) is 24.8 Å². The van der Waals surface area contributed by atoms with Crippen molar-refractivity contribution in [3.05, 3.63) is 102 Å². The van der Waals surface area contributed by atoms with Gasteiger partial charge in [0.2, 0.25) is 5.88 Å². The highest BCUT2D eigenvalue weighted by molar-refractivity contribution is 5.91. The van der Waals surface area contributed by atoms with Gasteiger partial charge in [-0.05, 0) is 42.0 Å². The number of aromatic carboxylic acids is 1. The molecule has 0 unspecified atom stereocenters. The smallest absolute Gasteiger partial charge is 0.336 e. The maximum atomic E-state index is 11.8. The summed E-state index contributed by atoms with van der Waals surface area (Å²) in [7, 11) is 0. The molecule has 1 fully saturated rings. The lowest BCUT2D eigenvalue weighted by molar-refractivity contribution is 0.0695. The molecule has 1 aliphatic heterocycles. The molecular formula is C26H24N4O4. The number of nitrogens with zero attached hydrogens (tertiary/aromatic N) is 4. The van der Waals surface area contributed by atoms with Crippen molar-refractivity contribution in [1.29, 1.82) is 0 Å². The Labute approximate surface area is 197 Å². The predicted octanol–water partition coefficient (Wildman–Crippen LogP) is 3.87. The number of carboxylic acid groups (broad SMARTS) is 1. The molecule has 8 heteroatoms. The molecule has 0 atom stereocenters. The standard InChI is InChI=1S/C26H24N4O4/c31-26(32)22-4-3-5-24(23(22)17-29-12-1-2-13-29)30-15-21(16-30)34-20-8-6-19(7-9-20)18-33-25-14-27-10-11-28-25/h1-14,21H,15-18H2,(H,31,32). The molecule has 172 valence electrons. The molecule has 0 radical (unpaired) electrons. The van der Waals surface area contributed by atoms with E-state index in [0.717, 1.165) is 22.6 Å². The van der Waals surface area contributed by atoms with E-state index in [1.54, 1.807) is 30.7 Å². The van der Waals surface area contributed by atoms with E-state index < -0.39 is 5.97 Å². The molecule has 0 bridgehead atoms. The van der Waals surface area contributed by atoms with Crippen LogP contribution in [0.1, 0.15) is 21.5 Å². The van der Waals surface area contributed by atoms with Crippen LogP contribution in [0.4, 0.5) is 5.69 Å². The van der Waals surface area contributed by atoms with Crippen LogP contribution in [0.15, 0.2) is 85.6 Å². The molecule has 3 heterocycles. The van der Waals surface area contributed by atoms with Crippen LogP contribution in [-0.4, -0.2) is 44.8 Å². The van der Waals surface area contributed by atoms with Gasteiger partial charge >= 0.3 is 5.97 Å². The quantitative estimate of drug-likeness (QED) is 0.409. The molecule has 0 spiro atoms. The summed E-state index contributed by atoms with van der Waals surface area (Å²) >= 11 is 0. The lowest BCUT2D eigenvalue weighted by Gasteiger charge is -2.41. The monoisotopic (exact) mass is 456 g/mol. The third-order valence-electron chi connectivity index (χ3n) is 5.73. The average Bonchev–Trinajstić information content (AvgIpc) is 3.35. The molecule has 1 aliphatic rings. The summed E-state index contributed by atoms with van der Waals surface area (Å²) in [6, 6.07) is 17.1. The first-order valence-electron chi connectivity index (χ1n) is 11.0. The number of benzene rings is 2. The van der Waals surface area contributed by atoms with E-state index in [-0.39, 0.29) is 6.10 Å². The van der Waals surface area contributed by atoms with Gasteiger partial charge in [0.25, 0.3) is 0 Å². The third-order valence-corrected chi connectivity index (χ3v) is 5.73. The summed E-state index contributed by atoms with van der Waals surface area (Å²) in [5.41, 5.74) is 3.07. The van der Waals surface area contributed by atoms with Crippen molar-refractivity contribution in [2.45, 2.75) is 19.3 Å². The lowest BCUT2D eigenvalue weighted by atomic mass is 10.0. The summed E-state index contributed by atoms with van der Waals surface area (Å²) < 4.78 is 13.7. The molecule has 34 heavy (non-hydrogen) atoms. The van der Waals surface area contributed by atoms with Gasteiger partial charge < -0.3 is 24.0 Å². The largest absolute Gasteiger partial charge is 0.487 e. The van der Waals surface area contributed by atoms with Crippen LogP contribution in [0.5, 0.6) is 11.6 Å². The zero-order valence-corrected chi connectivity index (χ0v) is 18.4. The molecular weight excluding hydrogens is 432 g/mol. The van der Waals surface area contributed by atoms with Crippen LogP contribution in [0.3, 0.4) is 0 Å². The van der Waals surface area contributed by atoms with Crippen LogP contribution in [-0.2, 0) is 13.2 Å². The number of aromatic nitrogens is 3. The van der Waals surface area contributed by atoms with Gasteiger partial charge in [-0.1, -0.05) is 18.2 Å². The number of hydrogen-bond donors (Lipinski definition) is 1. The highest BCUT2D eigenvalue weighted by Gasteiger charge is 2.31.